The molecule has 1 amide bonds. The van der Waals surface area contributed by atoms with Gasteiger partial charge in [-0.3, -0.25) is 5.32 Å². The lowest BCUT2D eigenvalue weighted by Gasteiger charge is -2.07. The maximum atomic E-state index is 12.0. The van der Waals surface area contributed by atoms with Crippen LogP contribution in [-0.4, -0.2) is 25.3 Å². The quantitative estimate of drug-likeness (QED) is 0.841. The fraction of sp³-hybridized carbons (Fsp3) is 0.538. The van der Waals surface area contributed by atoms with Gasteiger partial charge in [-0.2, -0.15) is 0 Å². The molecule has 0 atom stereocenters. The van der Waals surface area contributed by atoms with Crippen molar-refractivity contribution in [2.45, 2.75) is 32.6 Å². The van der Waals surface area contributed by atoms with Crippen LogP contribution >= 0.6 is 11.3 Å². The molecule has 5 nitrogen and oxygen atoms in total. The summed E-state index contributed by atoms with van der Waals surface area (Å²) in [7, 11) is 0. The largest absolute Gasteiger partial charge is 0.462 e. The van der Waals surface area contributed by atoms with Gasteiger partial charge in [0.1, 0.15) is 5.00 Å². The van der Waals surface area contributed by atoms with Crippen LogP contribution in [0.1, 0.15) is 48.5 Å². The minimum atomic E-state index is -0.544. The van der Waals surface area contributed by atoms with Crippen molar-refractivity contribution >= 4 is 28.4 Å². The standard InChI is InChI=1S/C13H17NO4S/c1-3-17-12(15)10-9(8-5-6-8)7-19-11(10)14-13(16)18-4-2/h7-8H,3-6H2,1-2H3,(H,14,16). The molecule has 1 N–H and O–H groups in total. The van der Waals surface area contributed by atoms with Crippen LogP contribution in [0.25, 0.3) is 0 Å². The number of thiophene rings is 1. The Morgan fingerprint density at radius 1 is 1.32 bits per heavy atom. The number of nitrogens with one attached hydrogen (secondary N) is 1. The van der Waals surface area contributed by atoms with Crippen molar-refractivity contribution in [3.8, 4) is 0 Å². The Labute approximate surface area is 115 Å². The SMILES string of the molecule is CCOC(=O)Nc1scc(C2CC2)c1C(=O)OCC. The zero-order valence-corrected chi connectivity index (χ0v) is 11.8. The van der Waals surface area contributed by atoms with Gasteiger partial charge in [-0.05, 0) is 43.6 Å². The molecular formula is C13H17NO4S. The molecule has 0 unspecified atom stereocenters. The van der Waals surface area contributed by atoms with Crippen molar-refractivity contribution in [3.05, 3.63) is 16.5 Å². The van der Waals surface area contributed by atoms with E-state index in [1.807, 2.05) is 5.38 Å². The van der Waals surface area contributed by atoms with Gasteiger partial charge in [0.2, 0.25) is 0 Å². The summed E-state index contributed by atoms with van der Waals surface area (Å²) in [6.07, 6.45) is 1.63. The van der Waals surface area contributed by atoms with Gasteiger partial charge < -0.3 is 9.47 Å². The highest BCUT2D eigenvalue weighted by Crippen LogP contribution is 2.46. The molecule has 1 aliphatic rings. The van der Waals surface area contributed by atoms with Crippen molar-refractivity contribution in [1.82, 2.24) is 0 Å². The van der Waals surface area contributed by atoms with Gasteiger partial charge >= 0.3 is 12.1 Å². The van der Waals surface area contributed by atoms with Crippen LogP contribution in [-0.2, 0) is 9.47 Å². The molecule has 104 valence electrons. The summed E-state index contributed by atoms with van der Waals surface area (Å²) in [5, 5.41) is 5.05. The summed E-state index contributed by atoms with van der Waals surface area (Å²) in [5.74, 6) is 0.0471. The van der Waals surface area contributed by atoms with Gasteiger partial charge in [-0.15, -0.1) is 11.3 Å². The minimum Gasteiger partial charge on any atom is -0.462 e. The topological polar surface area (TPSA) is 64.6 Å². The maximum Gasteiger partial charge on any atom is 0.412 e. The summed E-state index contributed by atoms with van der Waals surface area (Å²) < 4.78 is 9.89. The molecule has 0 aromatic carbocycles. The Balaban J connectivity index is 2.22. The van der Waals surface area contributed by atoms with E-state index >= 15 is 0 Å². The van der Waals surface area contributed by atoms with E-state index in [9.17, 15) is 9.59 Å². The van der Waals surface area contributed by atoms with E-state index in [0.29, 0.717) is 29.7 Å². The molecule has 0 bridgehead atoms. The first kappa shape index (κ1) is 13.9. The monoisotopic (exact) mass is 283 g/mol. The van der Waals surface area contributed by atoms with Gasteiger partial charge in [0, 0.05) is 0 Å². The van der Waals surface area contributed by atoms with Crippen LogP contribution in [0.5, 0.6) is 0 Å². The van der Waals surface area contributed by atoms with Crippen molar-refractivity contribution in [2.24, 2.45) is 0 Å². The van der Waals surface area contributed by atoms with Crippen LogP contribution in [0.15, 0.2) is 5.38 Å². The third-order valence-electron chi connectivity index (χ3n) is 2.81. The molecule has 1 aromatic rings. The molecule has 0 aliphatic heterocycles. The molecule has 1 fully saturated rings. The first-order chi connectivity index (χ1) is 9.17. The highest BCUT2D eigenvalue weighted by atomic mass is 32.1. The van der Waals surface area contributed by atoms with Crippen LogP contribution in [0, 0.1) is 0 Å². The minimum absolute atomic E-state index is 0.293. The Kier molecular flexibility index (Phi) is 4.42. The predicted octanol–water partition coefficient (Wildman–Crippen LogP) is 3.37. The van der Waals surface area contributed by atoms with Crippen LogP contribution in [0.3, 0.4) is 0 Å². The third-order valence-corrected chi connectivity index (χ3v) is 3.72. The molecular weight excluding hydrogens is 266 g/mol. The van der Waals surface area contributed by atoms with Crippen LogP contribution < -0.4 is 5.32 Å². The van der Waals surface area contributed by atoms with Crippen LogP contribution in [0.2, 0.25) is 0 Å². The van der Waals surface area contributed by atoms with E-state index in [1.54, 1.807) is 13.8 Å². The number of ether oxygens (including phenoxy) is 2. The lowest BCUT2D eigenvalue weighted by Crippen LogP contribution is -2.16. The smallest absolute Gasteiger partial charge is 0.412 e. The second kappa shape index (κ2) is 6.06. The number of carbonyl (C=O) groups excluding carboxylic acids is 2. The van der Waals surface area contributed by atoms with Crippen molar-refractivity contribution in [2.75, 3.05) is 18.5 Å². The summed E-state index contributed by atoms with van der Waals surface area (Å²) in [5.41, 5.74) is 1.47. The van der Waals surface area contributed by atoms with E-state index in [4.69, 9.17) is 9.47 Å². The summed E-state index contributed by atoms with van der Waals surface area (Å²) >= 11 is 1.34. The maximum absolute atomic E-state index is 12.0. The summed E-state index contributed by atoms with van der Waals surface area (Å²) in [6.45, 7) is 4.11. The van der Waals surface area contributed by atoms with E-state index in [-0.39, 0.29) is 5.97 Å². The molecule has 0 radical (unpaired) electrons. The van der Waals surface area contributed by atoms with Crippen molar-refractivity contribution in [3.63, 3.8) is 0 Å². The number of amides is 1. The zero-order chi connectivity index (χ0) is 13.8. The lowest BCUT2D eigenvalue weighted by atomic mass is 10.1. The Morgan fingerprint density at radius 3 is 2.58 bits per heavy atom. The number of rotatable bonds is 5. The second-order valence-corrected chi connectivity index (χ2v) is 5.12. The molecule has 2 rings (SSSR count). The highest BCUT2D eigenvalue weighted by Gasteiger charge is 2.32. The molecule has 19 heavy (non-hydrogen) atoms. The normalized spacial score (nSPS) is 14.0. The number of esters is 1. The predicted molar refractivity (Wildman–Crippen MR) is 72.9 cm³/mol. The molecule has 0 saturated heterocycles. The Hall–Kier alpha value is -1.56. The number of anilines is 1. The van der Waals surface area contributed by atoms with Crippen molar-refractivity contribution < 1.29 is 19.1 Å². The number of hydrogen-bond donors (Lipinski definition) is 1. The van der Waals surface area contributed by atoms with E-state index in [1.165, 1.54) is 11.3 Å². The van der Waals surface area contributed by atoms with Gasteiger partial charge in [0.15, 0.2) is 0 Å². The summed E-state index contributed by atoms with van der Waals surface area (Å²) in [4.78, 5) is 23.5. The van der Waals surface area contributed by atoms with Gasteiger partial charge in [0.05, 0.1) is 18.8 Å². The first-order valence-corrected chi connectivity index (χ1v) is 7.27. The fourth-order valence-corrected chi connectivity index (χ4v) is 2.85. The molecule has 0 spiro atoms. The van der Waals surface area contributed by atoms with Gasteiger partial charge in [-0.25, -0.2) is 9.59 Å². The number of hydrogen-bond acceptors (Lipinski definition) is 5. The average Bonchev–Trinajstić information content (AvgIpc) is 3.12. The van der Waals surface area contributed by atoms with Crippen molar-refractivity contribution in [1.29, 1.82) is 0 Å². The summed E-state index contributed by atoms with van der Waals surface area (Å²) in [6, 6.07) is 0. The van der Waals surface area contributed by atoms with Gasteiger partial charge in [-0.1, -0.05) is 0 Å². The fourth-order valence-electron chi connectivity index (χ4n) is 1.83. The molecule has 1 saturated carbocycles. The third kappa shape index (κ3) is 3.26. The molecule has 6 heteroatoms. The van der Waals surface area contributed by atoms with E-state index in [2.05, 4.69) is 5.32 Å². The van der Waals surface area contributed by atoms with E-state index < -0.39 is 6.09 Å². The molecule has 1 heterocycles. The van der Waals surface area contributed by atoms with Crippen LogP contribution in [0.4, 0.5) is 9.80 Å². The Bertz CT molecular complexity index is 479. The highest BCUT2D eigenvalue weighted by molar-refractivity contribution is 7.15. The van der Waals surface area contributed by atoms with Gasteiger partial charge in [0.25, 0.3) is 0 Å². The average molecular weight is 283 g/mol. The zero-order valence-electron chi connectivity index (χ0n) is 11.0. The molecule has 1 aliphatic carbocycles. The number of carbonyl (C=O) groups is 2. The lowest BCUT2D eigenvalue weighted by molar-refractivity contribution is 0.0527. The Morgan fingerprint density at radius 2 is 2.00 bits per heavy atom. The second-order valence-electron chi connectivity index (χ2n) is 4.24. The first-order valence-electron chi connectivity index (χ1n) is 6.39. The molecule has 1 aromatic heterocycles. The van der Waals surface area contributed by atoms with E-state index in [0.717, 1.165) is 18.4 Å².